The lowest BCUT2D eigenvalue weighted by molar-refractivity contribution is -0.151. The second kappa shape index (κ2) is 6.37. The molecule has 0 amide bonds. The molecule has 0 bridgehead atoms. The lowest BCUT2D eigenvalue weighted by atomic mass is 9.93. The maximum absolute atomic E-state index is 12.2. The Morgan fingerprint density at radius 2 is 1.95 bits per heavy atom. The van der Waals surface area contributed by atoms with Crippen LogP contribution in [0.1, 0.15) is 25.3 Å². The van der Waals surface area contributed by atoms with Gasteiger partial charge in [-0.05, 0) is 51.4 Å². The number of esters is 1. The highest BCUT2D eigenvalue weighted by Crippen LogP contribution is 2.21. The fourth-order valence-corrected chi connectivity index (χ4v) is 2.47. The van der Waals surface area contributed by atoms with Crippen LogP contribution in [0, 0.1) is 5.92 Å². The Bertz CT molecular complexity index is 437. The molecule has 0 saturated carbocycles. The molecule has 0 spiro atoms. The fourth-order valence-electron chi connectivity index (χ4n) is 2.47. The zero-order chi connectivity index (χ0) is 14.6. The van der Waals surface area contributed by atoms with Crippen LogP contribution in [-0.2, 0) is 15.1 Å². The maximum Gasteiger partial charge on any atom is 0.330 e. The number of ether oxygens (including phenoxy) is 1. The van der Waals surface area contributed by atoms with Crippen LogP contribution < -0.4 is 5.73 Å². The first-order valence-electron chi connectivity index (χ1n) is 7.20. The van der Waals surface area contributed by atoms with Crippen LogP contribution in [0.5, 0.6) is 0 Å². The van der Waals surface area contributed by atoms with Gasteiger partial charge in [-0.3, -0.25) is 0 Å². The van der Waals surface area contributed by atoms with Crippen LogP contribution in [0.3, 0.4) is 0 Å². The number of piperidine rings is 1. The lowest BCUT2D eigenvalue weighted by Gasteiger charge is -2.30. The molecule has 0 radical (unpaired) electrons. The van der Waals surface area contributed by atoms with Gasteiger partial charge in [0.1, 0.15) is 5.54 Å². The number of hydrogen-bond acceptors (Lipinski definition) is 4. The summed E-state index contributed by atoms with van der Waals surface area (Å²) in [5.41, 5.74) is 5.85. The van der Waals surface area contributed by atoms with E-state index in [-0.39, 0.29) is 5.97 Å². The highest BCUT2D eigenvalue weighted by atomic mass is 16.5. The van der Waals surface area contributed by atoms with Gasteiger partial charge in [0.2, 0.25) is 0 Å². The Hall–Kier alpha value is -1.39. The predicted molar refractivity (Wildman–Crippen MR) is 79.2 cm³/mol. The summed E-state index contributed by atoms with van der Waals surface area (Å²) >= 11 is 0. The molecule has 1 aromatic carbocycles. The van der Waals surface area contributed by atoms with E-state index in [1.54, 1.807) is 6.92 Å². The first-order valence-corrected chi connectivity index (χ1v) is 7.20. The molecule has 2 rings (SSSR count). The minimum absolute atomic E-state index is 0.345. The smallest absolute Gasteiger partial charge is 0.330 e. The van der Waals surface area contributed by atoms with Crippen molar-refractivity contribution in [3.05, 3.63) is 35.9 Å². The first kappa shape index (κ1) is 15.0. The van der Waals surface area contributed by atoms with E-state index >= 15 is 0 Å². The van der Waals surface area contributed by atoms with E-state index in [2.05, 4.69) is 11.9 Å². The molecule has 2 N–H and O–H groups in total. The molecular weight excluding hydrogens is 252 g/mol. The lowest BCUT2D eigenvalue weighted by Crippen LogP contribution is -2.44. The number of carbonyl (C=O) groups is 1. The van der Waals surface area contributed by atoms with E-state index in [0.717, 1.165) is 31.5 Å². The summed E-state index contributed by atoms with van der Waals surface area (Å²) in [5.74, 6) is 0.115. The zero-order valence-electron chi connectivity index (χ0n) is 12.3. The molecule has 1 aromatic rings. The number of nitrogens with two attached hydrogens (primary N) is 1. The van der Waals surface area contributed by atoms with Crippen molar-refractivity contribution in [1.82, 2.24) is 4.90 Å². The van der Waals surface area contributed by atoms with Gasteiger partial charge in [0, 0.05) is 0 Å². The Morgan fingerprint density at radius 1 is 1.35 bits per heavy atom. The van der Waals surface area contributed by atoms with Crippen LogP contribution in [0.25, 0.3) is 0 Å². The van der Waals surface area contributed by atoms with Gasteiger partial charge >= 0.3 is 5.97 Å². The Balaban J connectivity index is 1.88. The van der Waals surface area contributed by atoms with Crippen molar-refractivity contribution in [3.63, 3.8) is 0 Å². The molecule has 1 heterocycles. The monoisotopic (exact) mass is 276 g/mol. The Labute approximate surface area is 120 Å². The third-order valence-corrected chi connectivity index (χ3v) is 4.09. The Morgan fingerprint density at radius 3 is 2.55 bits per heavy atom. The van der Waals surface area contributed by atoms with E-state index in [9.17, 15) is 4.79 Å². The minimum atomic E-state index is -1.08. The number of likely N-dealkylation sites (tertiary alicyclic amines) is 1. The summed E-state index contributed by atoms with van der Waals surface area (Å²) in [4.78, 5) is 14.5. The second-order valence-electron chi connectivity index (χ2n) is 5.91. The molecular formula is C16H24N2O2. The van der Waals surface area contributed by atoms with Gasteiger partial charge in [-0.2, -0.15) is 0 Å². The molecule has 1 aliphatic rings. The van der Waals surface area contributed by atoms with Crippen molar-refractivity contribution in [2.75, 3.05) is 26.7 Å². The average molecular weight is 276 g/mol. The molecule has 1 fully saturated rings. The third-order valence-electron chi connectivity index (χ3n) is 4.09. The van der Waals surface area contributed by atoms with Crippen LogP contribution in [0.15, 0.2) is 30.3 Å². The quantitative estimate of drug-likeness (QED) is 0.851. The Kier molecular flexibility index (Phi) is 4.78. The summed E-state index contributed by atoms with van der Waals surface area (Å²) < 4.78 is 5.45. The normalized spacial score (nSPS) is 20.4. The first-order chi connectivity index (χ1) is 9.50. The second-order valence-corrected chi connectivity index (χ2v) is 5.91. The highest BCUT2D eigenvalue weighted by Gasteiger charge is 2.32. The third kappa shape index (κ3) is 3.58. The number of hydrogen-bond donors (Lipinski definition) is 1. The molecule has 20 heavy (non-hydrogen) atoms. The van der Waals surface area contributed by atoms with Crippen molar-refractivity contribution in [2.45, 2.75) is 25.3 Å². The summed E-state index contributed by atoms with van der Waals surface area (Å²) in [7, 11) is 2.12. The number of nitrogens with zero attached hydrogens (tertiary/aromatic N) is 1. The molecule has 0 aromatic heterocycles. The topological polar surface area (TPSA) is 55.6 Å². The standard InChI is InChI=1S/C16H24N2O2/c1-16(17,14-6-4-3-5-7-14)15(19)20-12-13-8-10-18(2)11-9-13/h3-7,13H,8-12,17H2,1-2H3. The average Bonchev–Trinajstić information content (AvgIpc) is 2.47. The van der Waals surface area contributed by atoms with Gasteiger partial charge in [-0.25, -0.2) is 4.79 Å². The van der Waals surface area contributed by atoms with Crippen LogP contribution in [-0.4, -0.2) is 37.6 Å². The highest BCUT2D eigenvalue weighted by molar-refractivity contribution is 5.81. The summed E-state index contributed by atoms with van der Waals surface area (Å²) in [5, 5.41) is 0. The molecule has 1 unspecified atom stereocenters. The molecule has 0 aliphatic carbocycles. The number of carbonyl (C=O) groups excluding carboxylic acids is 1. The summed E-state index contributed by atoms with van der Waals surface area (Å²) in [6, 6.07) is 9.38. The summed E-state index contributed by atoms with van der Waals surface area (Å²) in [6.45, 7) is 4.33. The number of benzene rings is 1. The van der Waals surface area contributed by atoms with Crippen molar-refractivity contribution in [2.24, 2.45) is 11.7 Å². The molecule has 4 nitrogen and oxygen atoms in total. The van der Waals surface area contributed by atoms with Crippen molar-refractivity contribution in [1.29, 1.82) is 0 Å². The molecule has 1 aliphatic heterocycles. The van der Waals surface area contributed by atoms with Crippen LogP contribution >= 0.6 is 0 Å². The van der Waals surface area contributed by atoms with Gasteiger partial charge in [0.05, 0.1) is 6.61 Å². The van der Waals surface area contributed by atoms with E-state index in [1.807, 2.05) is 30.3 Å². The van der Waals surface area contributed by atoms with E-state index in [0.29, 0.717) is 12.5 Å². The van der Waals surface area contributed by atoms with Gasteiger partial charge < -0.3 is 15.4 Å². The SMILES string of the molecule is CN1CCC(COC(=O)C(C)(N)c2ccccc2)CC1. The van der Waals surface area contributed by atoms with Crippen molar-refractivity contribution in [3.8, 4) is 0 Å². The largest absolute Gasteiger partial charge is 0.464 e. The number of rotatable bonds is 4. The van der Waals surface area contributed by atoms with Gasteiger partial charge in [-0.15, -0.1) is 0 Å². The molecule has 4 heteroatoms. The molecule has 1 saturated heterocycles. The minimum Gasteiger partial charge on any atom is -0.464 e. The van der Waals surface area contributed by atoms with Gasteiger partial charge in [0.25, 0.3) is 0 Å². The van der Waals surface area contributed by atoms with Crippen LogP contribution in [0.4, 0.5) is 0 Å². The van der Waals surface area contributed by atoms with Crippen molar-refractivity contribution >= 4 is 5.97 Å². The van der Waals surface area contributed by atoms with Crippen LogP contribution in [0.2, 0.25) is 0 Å². The summed E-state index contributed by atoms with van der Waals surface area (Å²) in [6.07, 6.45) is 2.16. The maximum atomic E-state index is 12.2. The predicted octanol–water partition coefficient (Wildman–Crippen LogP) is 1.75. The van der Waals surface area contributed by atoms with E-state index in [4.69, 9.17) is 10.5 Å². The van der Waals surface area contributed by atoms with Gasteiger partial charge in [0.15, 0.2) is 0 Å². The van der Waals surface area contributed by atoms with E-state index in [1.165, 1.54) is 0 Å². The van der Waals surface area contributed by atoms with Crippen molar-refractivity contribution < 1.29 is 9.53 Å². The van der Waals surface area contributed by atoms with E-state index < -0.39 is 5.54 Å². The van der Waals surface area contributed by atoms with Gasteiger partial charge in [-0.1, -0.05) is 30.3 Å². The molecule has 1 atom stereocenters. The molecule has 110 valence electrons. The zero-order valence-corrected chi connectivity index (χ0v) is 12.3. The fraction of sp³-hybridized carbons (Fsp3) is 0.562.